The van der Waals surface area contributed by atoms with E-state index in [4.69, 9.17) is 15.7 Å². The van der Waals surface area contributed by atoms with E-state index in [2.05, 4.69) is 16.0 Å². The Labute approximate surface area is 121 Å². The maximum atomic E-state index is 9.01. The van der Waals surface area contributed by atoms with E-state index in [0.717, 1.165) is 16.6 Å². The molecule has 2 N–H and O–H groups in total. The van der Waals surface area contributed by atoms with Crippen molar-refractivity contribution in [2.45, 2.75) is 6.54 Å². The summed E-state index contributed by atoms with van der Waals surface area (Å²) in [6, 6.07) is 11.2. The third kappa shape index (κ3) is 2.37. The van der Waals surface area contributed by atoms with Crippen molar-refractivity contribution < 1.29 is 4.74 Å². The zero-order chi connectivity index (χ0) is 14.8. The van der Waals surface area contributed by atoms with Crippen molar-refractivity contribution >= 4 is 17.0 Å². The smallest absolute Gasteiger partial charge is 0.212 e. The maximum Gasteiger partial charge on any atom is 0.212 e. The first-order valence-corrected chi connectivity index (χ1v) is 6.36. The molecule has 0 radical (unpaired) electrons. The topological polar surface area (TPSA) is 89.8 Å². The van der Waals surface area contributed by atoms with Gasteiger partial charge >= 0.3 is 0 Å². The molecule has 6 heteroatoms. The Morgan fingerprint density at radius 2 is 2.19 bits per heavy atom. The van der Waals surface area contributed by atoms with Crippen LogP contribution in [0.3, 0.4) is 0 Å². The second-order valence-corrected chi connectivity index (χ2v) is 4.58. The summed E-state index contributed by atoms with van der Waals surface area (Å²) in [4.78, 5) is 8.48. The summed E-state index contributed by atoms with van der Waals surface area (Å²) >= 11 is 0. The van der Waals surface area contributed by atoms with E-state index < -0.39 is 0 Å². The quantitative estimate of drug-likeness (QED) is 0.791. The lowest BCUT2D eigenvalue weighted by Crippen LogP contribution is -2.05. The lowest BCUT2D eigenvalue weighted by Gasteiger charge is -2.07. The highest BCUT2D eigenvalue weighted by Crippen LogP contribution is 2.21. The number of hydrogen-bond donors (Lipinski definition) is 1. The number of nitrogens with two attached hydrogens (primary N) is 1. The lowest BCUT2D eigenvalue weighted by molar-refractivity contribution is 0.397. The van der Waals surface area contributed by atoms with Gasteiger partial charge < -0.3 is 15.0 Å². The van der Waals surface area contributed by atoms with Crippen LogP contribution in [0, 0.1) is 11.3 Å². The molecule has 0 atom stereocenters. The van der Waals surface area contributed by atoms with Gasteiger partial charge in [0.25, 0.3) is 0 Å². The van der Waals surface area contributed by atoms with E-state index in [1.807, 2.05) is 10.6 Å². The average Bonchev–Trinajstić information content (AvgIpc) is 2.83. The molecule has 3 rings (SSSR count). The van der Waals surface area contributed by atoms with Crippen molar-refractivity contribution in [2.75, 3.05) is 12.8 Å². The van der Waals surface area contributed by atoms with Gasteiger partial charge in [0.1, 0.15) is 0 Å². The number of nitrogens with zero attached hydrogens (tertiary/aromatic N) is 4. The number of methoxy groups -OCH3 is 1. The van der Waals surface area contributed by atoms with Gasteiger partial charge in [0, 0.05) is 12.3 Å². The monoisotopic (exact) mass is 279 g/mol. The standard InChI is InChI=1S/C15H13N5O/c1-21-14-5-3-11(8-18-14)9-20-13-6-10(7-16)2-4-12(13)19-15(20)17/h2-6,8H,9H2,1H3,(H2,17,19). The van der Waals surface area contributed by atoms with Gasteiger partial charge in [-0.3, -0.25) is 0 Å². The zero-order valence-corrected chi connectivity index (χ0v) is 11.4. The van der Waals surface area contributed by atoms with E-state index >= 15 is 0 Å². The molecular formula is C15H13N5O. The number of hydrogen-bond acceptors (Lipinski definition) is 5. The highest BCUT2D eigenvalue weighted by molar-refractivity contribution is 5.80. The molecular weight excluding hydrogens is 266 g/mol. The van der Waals surface area contributed by atoms with Gasteiger partial charge in [0.05, 0.1) is 36.3 Å². The van der Waals surface area contributed by atoms with Crippen LogP contribution in [0.25, 0.3) is 11.0 Å². The summed E-state index contributed by atoms with van der Waals surface area (Å²) in [6.45, 7) is 0.536. The molecule has 2 aromatic heterocycles. The number of nitrogen functional groups attached to an aromatic ring is 1. The minimum atomic E-state index is 0.413. The number of benzene rings is 1. The minimum absolute atomic E-state index is 0.413. The van der Waals surface area contributed by atoms with E-state index in [9.17, 15) is 0 Å². The second kappa shape index (κ2) is 5.13. The molecule has 0 unspecified atom stereocenters. The molecule has 0 aliphatic rings. The molecule has 0 fully saturated rings. The summed E-state index contributed by atoms with van der Waals surface area (Å²) in [7, 11) is 1.58. The number of rotatable bonds is 3. The Morgan fingerprint density at radius 1 is 1.33 bits per heavy atom. The number of nitriles is 1. The number of anilines is 1. The molecule has 104 valence electrons. The van der Waals surface area contributed by atoms with Gasteiger partial charge in [-0.05, 0) is 23.8 Å². The predicted molar refractivity (Wildman–Crippen MR) is 78.8 cm³/mol. The van der Waals surface area contributed by atoms with Crippen molar-refractivity contribution in [3.05, 3.63) is 47.7 Å². The Bertz CT molecular complexity index is 830. The Hall–Kier alpha value is -3.07. The van der Waals surface area contributed by atoms with Crippen LogP contribution in [0.1, 0.15) is 11.1 Å². The van der Waals surface area contributed by atoms with Gasteiger partial charge in [0.2, 0.25) is 11.8 Å². The van der Waals surface area contributed by atoms with Crippen LogP contribution in [0.5, 0.6) is 5.88 Å². The fourth-order valence-electron chi connectivity index (χ4n) is 2.18. The molecule has 6 nitrogen and oxygen atoms in total. The molecule has 21 heavy (non-hydrogen) atoms. The molecule has 0 bridgehead atoms. The summed E-state index contributed by atoms with van der Waals surface area (Å²) < 4.78 is 6.90. The molecule has 0 saturated heterocycles. The first-order valence-electron chi connectivity index (χ1n) is 6.36. The number of pyridine rings is 1. The minimum Gasteiger partial charge on any atom is -0.481 e. The van der Waals surface area contributed by atoms with Gasteiger partial charge in [-0.15, -0.1) is 0 Å². The Balaban J connectivity index is 2.02. The number of aromatic nitrogens is 3. The molecule has 3 aromatic rings. The molecule has 2 heterocycles. The molecule has 0 aliphatic carbocycles. The normalized spacial score (nSPS) is 10.5. The summed E-state index contributed by atoms with van der Waals surface area (Å²) in [6.07, 6.45) is 1.73. The molecule has 0 saturated carbocycles. The average molecular weight is 279 g/mol. The lowest BCUT2D eigenvalue weighted by atomic mass is 10.2. The van der Waals surface area contributed by atoms with Gasteiger partial charge in [0.15, 0.2) is 0 Å². The van der Waals surface area contributed by atoms with E-state index in [0.29, 0.717) is 23.9 Å². The number of ether oxygens (including phenoxy) is 1. The molecule has 0 spiro atoms. The maximum absolute atomic E-state index is 9.01. The van der Waals surface area contributed by atoms with Crippen LogP contribution in [0.2, 0.25) is 0 Å². The van der Waals surface area contributed by atoms with Crippen molar-refractivity contribution in [3.63, 3.8) is 0 Å². The van der Waals surface area contributed by atoms with Crippen LogP contribution in [0.15, 0.2) is 36.5 Å². The van der Waals surface area contributed by atoms with Crippen molar-refractivity contribution in [1.29, 1.82) is 5.26 Å². The largest absolute Gasteiger partial charge is 0.481 e. The number of imidazole rings is 1. The third-order valence-corrected chi connectivity index (χ3v) is 3.25. The van der Waals surface area contributed by atoms with Crippen LogP contribution < -0.4 is 10.5 Å². The zero-order valence-electron chi connectivity index (χ0n) is 11.4. The van der Waals surface area contributed by atoms with E-state index in [-0.39, 0.29) is 0 Å². The molecule has 0 amide bonds. The van der Waals surface area contributed by atoms with Crippen molar-refractivity contribution in [2.24, 2.45) is 0 Å². The van der Waals surface area contributed by atoms with Gasteiger partial charge in [-0.25, -0.2) is 9.97 Å². The fraction of sp³-hybridized carbons (Fsp3) is 0.133. The van der Waals surface area contributed by atoms with Crippen LogP contribution in [-0.4, -0.2) is 21.6 Å². The number of fused-ring (bicyclic) bond motifs is 1. The van der Waals surface area contributed by atoms with E-state index in [1.165, 1.54) is 0 Å². The Kier molecular flexibility index (Phi) is 3.16. The van der Waals surface area contributed by atoms with Crippen LogP contribution in [-0.2, 0) is 6.54 Å². The van der Waals surface area contributed by atoms with Gasteiger partial charge in [-0.2, -0.15) is 5.26 Å². The van der Waals surface area contributed by atoms with Crippen molar-refractivity contribution in [1.82, 2.24) is 14.5 Å². The Morgan fingerprint density at radius 3 is 2.86 bits per heavy atom. The third-order valence-electron chi connectivity index (χ3n) is 3.25. The highest BCUT2D eigenvalue weighted by atomic mass is 16.5. The molecule has 0 aliphatic heterocycles. The van der Waals surface area contributed by atoms with E-state index in [1.54, 1.807) is 37.6 Å². The van der Waals surface area contributed by atoms with Crippen LogP contribution >= 0.6 is 0 Å². The first-order chi connectivity index (χ1) is 10.2. The summed E-state index contributed by atoms with van der Waals surface area (Å²) in [5.74, 6) is 0.977. The summed E-state index contributed by atoms with van der Waals surface area (Å²) in [5.41, 5.74) is 9.14. The van der Waals surface area contributed by atoms with Crippen LogP contribution in [0.4, 0.5) is 5.95 Å². The second-order valence-electron chi connectivity index (χ2n) is 4.58. The highest BCUT2D eigenvalue weighted by Gasteiger charge is 2.09. The predicted octanol–water partition coefficient (Wildman–Crippen LogP) is 1.94. The first kappa shape index (κ1) is 12.9. The summed E-state index contributed by atoms with van der Waals surface area (Å²) in [5, 5.41) is 9.01. The van der Waals surface area contributed by atoms with Crippen molar-refractivity contribution in [3.8, 4) is 11.9 Å². The van der Waals surface area contributed by atoms with Gasteiger partial charge in [-0.1, -0.05) is 6.07 Å². The molecule has 1 aromatic carbocycles. The fourth-order valence-corrected chi connectivity index (χ4v) is 2.18. The SMILES string of the molecule is COc1ccc(Cn2c(N)nc3ccc(C#N)cc32)cn1.